The number of hydrogen-bond donors (Lipinski definition) is 1. The molecule has 4 heteroatoms. The first-order valence-corrected chi connectivity index (χ1v) is 9.00. The van der Waals surface area contributed by atoms with E-state index in [0.29, 0.717) is 6.42 Å². The first-order valence-electron chi connectivity index (χ1n) is 9.00. The summed E-state index contributed by atoms with van der Waals surface area (Å²) in [7, 11) is 1.94. The summed E-state index contributed by atoms with van der Waals surface area (Å²) in [6.45, 7) is 0. The number of benzene rings is 3. The number of hydrogen-bond acceptors (Lipinski definition) is 2. The molecule has 4 nitrogen and oxygen atoms in total. The lowest BCUT2D eigenvalue weighted by Gasteiger charge is -2.19. The molecule has 134 valence electrons. The highest BCUT2D eigenvalue weighted by atomic mass is 16.1. The van der Waals surface area contributed by atoms with E-state index in [4.69, 9.17) is 0 Å². The summed E-state index contributed by atoms with van der Waals surface area (Å²) in [6, 6.07) is 23.9. The van der Waals surface area contributed by atoms with Crippen LogP contribution in [-0.2, 0) is 18.3 Å². The number of carbonyl (C=O) groups excluding carboxylic acids is 1. The lowest BCUT2D eigenvalue weighted by atomic mass is 10.0. The van der Waals surface area contributed by atoms with Crippen molar-refractivity contribution in [3.8, 4) is 0 Å². The Kier molecular flexibility index (Phi) is 4.71. The van der Waals surface area contributed by atoms with E-state index in [1.54, 1.807) is 6.20 Å². The van der Waals surface area contributed by atoms with Crippen molar-refractivity contribution in [1.29, 1.82) is 0 Å². The van der Waals surface area contributed by atoms with Gasteiger partial charge in [-0.05, 0) is 21.9 Å². The highest BCUT2D eigenvalue weighted by Crippen LogP contribution is 2.22. The molecule has 1 atom stereocenters. The van der Waals surface area contributed by atoms with E-state index >= 15 is 0 Å². The highest BCUT2D eigenvalue weighted by Gasteiger charge is 2.20. The minimum absolute atomic E-state index is 0.0248. The molecule has 1 amide bonds. The van der Waals surface area contributed by atoms with Crippen LogP contribution >= 0.6 is 0 Å². The van der Waals surface area contributed by atoms with E-state index in [2.05, 4.69) is 28.5 Å². The quantitative estimate of drug-likeness (QED) is 0.588. The maximum absolute atomic E-state index is 12.9. The molecular weight excluding hydrogens is 334 g/mol. The standard InChI is InChI=1S/C23H21N3O/c1-26-15-14-24-23(26)22(18-9-3-2-4-10-18)25-21(27)16-19-12-7-11-17-8-5-6-13-20(17)19/h2-15,22H,16H2,1H3,(H,25,27). The molecule has 0 spiro atoms. The molecule has 3 aromatic carbocycles. The van der Waals surface area contributed by atoms with Crippen molar-refractivity contribution in [1.82, 2.24) is 14.9 Å². The molecule has 0 bridgehead atoms. The maximum Gasteiger partial charge on any atom is 0.225 e. The van der Waals surface area contributed by atoms with Crippen molar-refractivity contribution in [2.24, 2.45) is 7.05 Å². The molecule has 0 saturated carbocycles. The Balaban J connectivity index is 1.61. The SMILES string of the molecule is Cn1ccnc1C(NC(=O)Cc1cccc2ccccc12)c1ccccc1. The Bertz CT molecular complexity index is 1060. The number of carbonyl (C=O) groups is 1. The predicted octanol–water partition coefficient (Wildman–Crippen LogP) is 4.02. The van der Waals surface area contributed by atoms with Crippen molar-refractivity contribution in [2.75, 3.05) is 0 Å². The van der Waals surface area contributed by atoms with Gasteiger partial charge in [-0.25, -0.2) is 4.98 Å². The Hall–Kier alpha value is -3.40. The molecular formula is C23H21N3O. The summed E-state index contributed by atoms with van der Waals surface area (Å²) in [4.78, 5) is 17.3. The second-order valence-corrected chi connectivity index (χ2v) is 6.62. The summed E-state index contributed by atoms with van der Waals surface area (Å²) in [5.41, 5.74) is 2.04. The Morgan fingerprint density at radius 2 is 1.74 bits per heavy atom. The van der Waals surface area contributed by atoms with Gasteiger partial charge in [0.15, 0.2) is 0 Å². The minimum atomic E-state index is -0.284. The molecule has 0 aliphatic rings. The molecule has 1 heterocycles. The number of aromatic nitrogens is 2. The van der Waals surface area contributed by atoms with E-state index < -0.39 is 0 Å². The first-order chi connectivity index (χ1) is 13.2. The van der Waals surface area contributed by atoms with E-state index in [1.165, 1.54) is 0 Å². The van der Waals surface area contributed by atoms with Gasteiger partial charge in [-0.3, -0.25) is 4.79 Å². The molecule has 1 N–H and O–H groups in total. The molecule has 0 fully saturated rings. The van der Waals surface area contributed by atoms with Gasteiger partial charge in [-0.1, -0.05) is 72.8 Å². The van der Waals surface area contributed by atoms with Gasteiger partial charge >= 0.3 is 0 Å². The molecule has 27 heavy (non-hydrogen) atoms. The van der Waals surface area contributed by atoms with Crippen molar-refractivity contribution < 1.29 is 4.79 Å². The van der Waals surface area contributed by atoms with Crippen molar-refractivity contribution >= 4 is 16.7 Å². The lowest BCUT2D eigenvalue weighted by Crippen LogP contribution is -2.32. The smallest absolute Gasteiger partial charge is 0.225 e. The van der Waals surface area contributed by atoms with Crippen LogP contribution in [0.25, 0.3) is 10.8 Å². The summed E-state index contributed by atoms with van der Waals surface area (Å²) in [5.74, 6) is 0.788. The normalized spacial score (nSPS) is 12.0. The zero-order valence-electron chi connectivity index (χ0n) is 15.2. The predicted molar refractivity (Wildman–Crippen MR) is 107 cm³/mol. The fraction of sp³-hybridized carbons (Fsp3) is 0.130. The Labute approximate surface area is 158 Å². The third-order valence-corrected chi connectivity index (χ3v) is 4.79. The molecule has 0 radical (unpaired) electrons. The van der Waals surface area contributed by atoms with Crippen molar-refractivity contribution in [3.05, 3.63) is 102 Å². The topological polar surface area (TPSA) is 46.9 Å². The number of fused-ring (bicyclic) bond motifs is 1. The van der Waals surface area contributed by atoms with Gasteiger partial charge < -0.3 is 9.88 Å². The van der Waals surface area contributed by atoms with Crippen LogP contribution in [0.2, 0.25) is 0 Å². The van der Waals surface area contributed by atoms with Crippen LogP contribution in [0.4, 0.5) is 0 Å². The number of amides is 1. The fourth-order valence-electron chi connectivity index (χ4n) is 3.43. The minimum Gasteiger partial charge on any atom is -0.342 e. The van der Waals surface area contributed by atoms with Crippen LogP contribution < -0.4 is 5.32 Å². The second kappa shape index (κ2) is 7.46. The average Bonchev–Trinajstić information content (AvgIpc) is 3.13. The number of rotatable bonds is 5. The number of nitrogens with one attached hydrogen (secondary N) is 1. The van der Waals surface area contributed by atoms with E-state index in [9.17, 15) is 4.79 Å². The van der Waals surface area contributed by atoms with E-state index in [1.807, 2.05) is 72.4 Å². The van der Waals surface area contributed by atoms with E-state index in [-0.39, 0.29) is 11.9 Å². The Morgan fingerprint density at radius 3 is 2.52 bits per heavy atom. The van der Waals surface area contributed by atoms with Gasteiger partial charge in [0.2, 0.25) is 5.91 Å². The van der Waals surface area contributed by atoms with Gasteiger partial charge in [0.05, 0.1) is 6.42 Å². The van der Waals surface area contributed by atoms with Crippen molar-refractivity contribution in [3.63, 3.8) is 0 Å². The monoisotopic (exact) mass is 355 g/mol. The van der Waals surface area contributed by atoms with Crippen LogP contribution in [0.1, 0.15) is 23.0 Å². The molecule has 0 aliphatic heterocycles. The van der Waals surface area contributed by atoms with Crippen molar-refractivity contribution in [2.45, 2.75) is 12.5 Å². The molecule has 4 rings (SSSR count). The second-order valence-electron chi connectivity index (χ2n) is 6.62. The van der Waals surface area contributed by atoms with Gasteiger partial charge in [0.1, 0.15) is 11.9 Å². The third-order valence-electron chi connectivity index (χ3n) is 4.79. The fourth-order valence-corrected chi connectivity index (χ4v) is 3.43. The van der Waals surface area contributed by atoms with E-state index in [0.717, 1.165) is 27.7 Å². The molecule has 1 aromatic heterocycles. The summed E-state index contributed by atoms with van der Waals surface area (Å²) in [5, 5.41) is 5.43. The average molecular weight is 355 g/mol. The summed E-state index contributed by atoms with van der Waals surface area (Å²) >= 11 is 0. The van der Waals surface area contributed by atoms with Crippen LogP contribution in [-0.4, -0.2) is 15.5 Å². The Morgan fingerprint density at radius 1 is 1.00 bits per heavy atom. The van der Waals surface area contributed by atoms with Crippen LogP contribution in [0, 0.1) is 0 Å². The molecule has 4 aromatic rings. The zero-order valence-corrected chi connectivity index (χ0v) is 15.2. The maximum atomic E-state index is 12.9. The van der Waals surface area contributed by atoms with Crippen LogP contribution in [0.15, 0.2) is 85.2 Å². The largest absolute Gasteiger partial charge is 0.342 e. The highest BCUT2D eigenvalue weighted by molar-refractivity contribution is 5.90. The van der Waals surface area contributed by atoms with Gasteiger partial charge in [-0.2, -0.15) is 0 Å². The van der Waals surface area contributed by atoms with Gasteiger partial charge in [0, 0.05) is 19.4 Å². The van der Waals surface area contributed by atoms with Gasteiger partial charge in [0.25, 0.3) is 0 Å². The number of nitrogens with zero attached hydrogens (tertiary/aromatic N) is 2. The number of aryl methyl sites for hydroxylation is 1. The summed E-state index contributed by atoms with van der Waals surface area (Å²) in [6.07, 6.45) is 3.97. The lowest BCUT2D eigenvalue weighted by molar-refractivity contribution is -0.121. The van der Waals surface area contributed by atoms with Crippen LogP contribution in [0.3, 0.4) is 0 Å². The van der Waals surface area contributed by atoms with Gasteiger partial charge in [-0.15, -0.1) is 0 Å². The molecule has 1 unspecified atom stereocenters. The zero-order chi connectivity index (χ0) is 18.6. The number of imidazole rings is 1. The molecule has 0 aliphatic carbocycles. The summed E-state index contributed by atoms with van der Waals surface area (Å²) < 4.78 is 1.94. The van der Waals surface area contributed by atoms with Crippen LogP contribution in [0.5, 0.6) is 0 Å². The third kappa shape index (κ3) is 3.60. The molecule has 0 saturated heterocycles. The first kappa shape index (κ1) is 17.0.